The van der Waals surface area contributed by atoms with E-state index in [1.165, 1.54) is 4.52 Å². The smallest absolute Gasteiger partial charge is 0.224 e. The number of hydrogen-bond donors (Lipinski definition) is 1. The number of fused-ring (bicyclic) bond motifs is 1. The number of furan rings is 1. The SMILES string of the molecule is COCCc1nc(N)n2nc(-c3ccco3)cc2n1. The predicted molar refractivity (Wildman–Crippen MR) is 68.5 cm³/mol. The van der Waals surface area contributed by atoms with E-state index in [1.54, 1.807) is 19.4 Å². The number of nitrogens with two attached hydrogens (primary N) is 1. The Hall–Kier alpha value is -2.41. The minimum atomic E-state index is 0.300. The van der Waals surface area contributed by atoms with Gasteiger partial charge in [0, 0.05) is 19.6 Å². The van der Waals surface area contributed by atoms with Crippen LogP contribution in [0.25, 0.3) is 17.1 Å². The lowest BCUT2D eigenvalue weighted by Crippen LogP contribution is -2.09. The number of ether oxygens (including phenoxy) is 1. The fraction of sp³-hybridized carbons (Fsp3) is 0.250. The van der Waals surface area contributed by atoms with Crippen LogP contribution in [-0.4, -0.2) is 33.3 Å². The van der Waals surface area contributed by atoms with Crippen LogP contribution in [0, 0.1) is 0 Å². The second kappa shape index (κ2) is 4.69. The topological polar surface area (TPSA) is 91.5 Å². The molecule has 7 heteroatoms. The summed E-state index contributed by atoms with van der Waals surface area (Å²) in [6, 6.07) is 5.45. The second-order valence-electron chi connectivity index (χ2n) is 4.02. The highest BCUT2D eigenvalue weighted by molar-refractivity contribution is 5.60. The first-order valence-corrected chi connectivity index (χ1v) is 5.83. The van der Waals surface area contributed by atoms with E-state index in [0.717, 1.165) is 0 Å². The molecule has 0 atom stereocenters. The molecule has 0 aliphatic rings. The first kappa shape index (κ1) is 11.7. The van der Waals surface area contributed by atoms with Crippen LogP contribution >= 0.6 is 0 Å². The molecule has 0 fully saturated rings. The molecule has 0 aliphatic heterocycles. The van der Waals surface area contributed by atoms with Crippen molar-refractivity contribution >= 4 is 11.6 Å². The van der Waals surface area contributed by atoms with Gasteiger partial charge in [-0.25, -0.2) is 4.98 Å². The van der Waals surface area contributed by atoms with Crippen LogP contribution in [0.4, 0.5) is 5.95 Å². The summed E-state index contributed by atoms with van der Waals surface area (Å²) >= 11 is 0. The van der Waals surface area contributed by atoms with Gasteiger partial charge in [0.25, 0.3) is 0 Å². The number of anilines is 1. The lowest BCUT2D eigenvalue weighted by molar-refractivity contribution is 0.200. The maximum atomic E-state index is 5.87. The number of nitrogens with zero attached hydrogens (tertiary/aromatic N) is 4. The number of methoxy groups -OCH3 is 1. The first-order valence-electron chi connectivity index (χ1n) is 5.83. The van der Waals surface area contributed by atoms with Gasteiger partial charge in [-0.1, -0.05) is 0 Å². The normalized spacial score (nSPS) is 11.2. The Morgan fingerprint density at radius 2 is 2.32 bits per heavy atom. The lowest BCUT2D eigenvalue weighted by atomic mass is 10.3. The Morgan fingerprint density at radius 3 is 3.05 bits per heavy atom. The highest BCUT2D eigenvalue weighted by atomic mass is 16.5. The molecular weight excluding hydrogens is 246 g/mol. The maximum Gasteiger partial charge on any atom is 0.224 e. The van der Waals surface area contributed by atoms with Crippen molar-refractivity contribution in [1.29, 1.82) is 0 Å². The van der Waals surface area contributed by atoms with Gasteiger partial charge in [0.05, 0.1) is 12.9 Å². The van der Waals surface area contributed by atoms with Crippen LogP contribution in [0.3, 0.4) is 0 Å². The van der Waals surface area contributed by atoms with Crippen molar-refractivity contribution < 1.29 is 9.15 Å². The third-order valence-corrected chi connectivity index (χ3v) is 2.70. The van der Waals surface area contributed by atoms with Gasteiger partial charge >= 0.3 is 0 Å². The minimum absolute atomic E-state index is 0.300. The molecule has 0 radical (unpaired) electrons. The Kier molecular flexibility index (Phi) is 2.88. The lowest BCUT2D eigenvalue weighted by Gasteiger charge is -2.02. The molecule has 0 amide bonds. The van der Waals surface area contributed by atoms with E-state index in [9.17, 15) is 0 Å². The Labute approximate surface area is 109 Å². The number of hydrogen-bond acceptors (Lipinski definition) is 6. The van der Waals surface area contributed by atoms with Crippen LogP contribution < -0.4 is 5.73 Å². The van der Waals surface area contributed by atoms with Gasteiger partial charge < -0.3 is 14.9 Å². The average Bonchev–Trinajstić information content (AvgIpc) is 3.04. The highest BCUT2D eigenvalue weighted by Crippen LogP contribution is 2.20. The molecular formula is C12H13N5O2. The molecule has 19 heavy (non-hydrogen) atoms. The van der Waals surface area contributed by atoms with Crippen LogP contribution in [0.1, 0.15) is 5.82 Å². The van der Waals surface area contributed by atoms with Crippen molar-refractivity contribution in [2.45, 2.75) is 6.42 Å². The predicted octanol–water partition coefficient (Wildman–Crippen LogP) is 1.16. The van der Waals surface area contributed by atoms with Gasteiger partial charge in [-0.05, 0) is 12.1 Å². The molecule has 3 aromatic rings. The minimum Gasteiger partial charge on any atom is -0.463 e. The van der Waals surface area contributed by atoms with Crippen molar-refractivity contribution in [2.24, 2.45) is 0 Å². The van der Waals surface area contributed by atoms with E-state index in [-0.39, 0.29) is 0 Å². The van der Waals surface area contributed by atoms with Crippen LogP contribution in [0.5, 0.6) is 0 Å². The molecule has 0 unspecified atom stereocenters. The van der Waals surface area contributed by atoms with Crippen molar-refractivity contribution in [3.05, 3.63) is 30.3 Å². The van der Waals surface area contributed by atoms with Crippen molar-refractivity contribution in [3.63, 3.8) is 0 Å². The van der Waals surface area contributed by atoms with Gasteiger partial charge in [-0.2, -0.15) is 14.6 Å². The summed E-state index contributed by atoms with van der Waals surface area (Å²) < 4.78 is 11.8. The Bertz CT molecular complexity index is 690. The van der Waals surface area contributed by atoms with Gasteiger partial charge in [0.2, 0.25) is 5.95 Å². The molecule has 2 N–H and O–H groups in total. The maximum absolute atomic E-state index is 5.87. The summed E-state index contributed by atoms with van der Waals surface area (Å²) in [5, 5.41) is 4.32. The quantitative estimate of drug-likeness (QED) is 0.755. The zero-order chi connectivity index (χ0) is 13.2. The Balaban J connectivity index is 2.04. The molecule has 98 valence electrons. The first-order chi connectivity index (χ1) is 9.28. The standard InChI is InChI=1S/C12H13N5O2/c1-18-6-4-10-14-11-7-8(9-3-2-5-19-9)16-17(11)12(13)15-10/h2-3,5,7H,4,6H2,1H3,(H2,13,14,15). The number of aromatic nitrogens is 4. The Morgan fingerprint density at radius 1 is 1.42 bits per heavy atom. The zero-order valence-corrected chi connectivity index (χ0v) is 10.4. The van der Waals surface area contributed by atoms with Crippen molar-refractivity contribution in [3.8, 4) is 11.5 Å². The van der Waals surface area contributed by atoms with Crippen molar-refractivity contribution in [1.82, 2.24) is 19.6 Å². The second-order valence-corrected chi connectivity index (χ2v) is 4.02. The summed E-state index contributed by atoms with van der Waals surface area (Å²) in [5.74, 6) is 1.61. The molecule has 0 spiro atoms. The van der Waals surface area contributed by atoms with E-state index in [1.807, 2.05) is 12.1 Å². The average molecular weight is 259 g/mol. The summed E-state index contributed by atoms with van der Waals surface area (Å²) in [4.78, 5) is 8.58. The molecule has 0 aromatic carbocycles. The summed E-state index contributed by atoms with van der Waals surface area (Å²) in [5.41, 5.74) is 7.19. The molecule has 0 saturated heterocycles. The molecule has 3 rings (SSSR count). The monoisotopic (exact) mass is 259 g/mol. The van der Waals surface area contributed by atoms with E-state index >= 15 is 0 Å². The van der Waals surface area contributed by atoms with Gasteiger partial charge in [-0.15, -0.1) is 0 Å². The molecule has 7 nitrogen and oxygen atoms in total. The molecule has 3 aromatic heterocycles. The largest absolute Gasteiger partial charge is 0.463 e. The molecule has 0 aliphatic carbocycles. The van der Waals surface area contributed by atoms with E-state index in [2.05, 4.69) is 15.1 Å². The van der Waals surface area contributed by atoms with Crippen LogP contribution in [0.2, 0.25) is 0 Å². The van der Waals surface area contributed by atoms with Crippen LogP contribution in [-0.2, 0) is 11.2 Å². The summed E-state index contributed by atoms with van der Waals surface area (Å²) in [7, 11) is 1.63. The zero-order valence-electron chi connectivity index (χ0n) is 10.4. The molecule has 0 saturated carbocycles. The fourth-order valence-electron chi connectivity index (χ4n) is 1.81. The van der Waals surface area contributed by atoms with Gasteiger partial charge in [-0.3, -0.25) is 0 Å². The van der Waals surface area contributed by atoms with Crippen LogP contribution in [0.15, 0.2) is 28.9 Å². The van der Waals surface area contributed by atoms with Gasteiger partial charge in [0.1, 0.15) is 11.5 Å². The van der Waals surface area contributed by atoms with E-state index < -0.39 is 0 Å². The van der Waals surface area contributed by atoms with E-state index in [4.69, 9.17) is 14.9 Å². The molecule has 0 bridgehead atoms. The fourth-order valence-corrected chi connectivity index (χ4v) is 1.81. The van der Waals surface area contributed by atoms with Crippen molar-refractivity contribution in [2.75, 3.05) is 19.5 Å². The molecule has 3 heterocycles. The van der Waals surface area contributed by atoms with Gasteiger partial charge in [0.15, 0.2) is 11.4 Å². The third kappa shape index (κ3) is 2.15. The third-order valence-electron chi connectivity index (χ3n) is 2.70. The summed E-state index contributed by atoms with van der Waals surface area (Å²) in [6.45, 7) is 0.550. The highest BCUT2D eigenvalue weighted by Gasteiger charge is 2.11. The summed E-state index contributed by atoms with van der Waals surface area (Å²) in [6.07, 6.45) is 2.21. The number of rotatable bonds is 4. The number of nitrogen functional groups attached to an aromatic ring is 1. The van der Waals surface area contributed by atoms with E-state index in [0.29, 0.717) is 41.9 Å².